The van der Waals surface area contributed by atoms with Crippen LogP contribution in [0.2, 0.25) is 0 Å². The van der Waals surface area contributed by atoms with E-state index in [4.69, 9.17) is 0 Å². The topological polar surface area (TPSA) is 0 Å². The molecule has 2 rings (SSSR count). The molecule has 0 nitrogen and oxygen atoms in total. The van der Waals surface area contributed by atoms with Crippen molar-refractivity contribution in [3.63, 3.8) is 0 Å². The Morgan fingerprint density at radius 3 is 2.00 bits per heavy atom. The number of aryl methyl sites for hydroxylation is 1. The quantitative estimate of drug-likeness (QED) is 0.607. The summed E-state index contributed by atoms with van der Waals surface area (Å²) in [6, 6.07) is 21.1. The predicted molar refractivity (Wildman–Crippen MR) is 79.0 cm³/mol. The second-order valence-corrected chi connectivity index (χ2v) is 4.84. The Balaban J connectivity index is 2.95. The van der Waals surface area contributed by atoms with E-state index in [-0.39, 0.29) is 0 Å². The molecule has 0 spiro atoms. The average Bonchev–Trinajstić information content (AvgIpc) is 2.32. The molecule has 0 aliphatic carbocycles. The summed E-state index contributed by atoms with van der Waals surface area (Å²) < 4.78 is 1.27. The Kier molecular flexibility index (Phi) is 3.78. The maximum Gasteiger partial charge on any atom is 0.0208 e. The Bertz CT molecular complexity index is 505. The first kappa shape index (κ1) is 11.4. The normalized spacial score (nSPS) is 9.88. The van der Waals surface area contributed by atoms with Crippen LogP contribution in [0.15, 0.2) is 60.7 Å². The van der Waals surface area contributed by atoms with Crippen LogP contribution in [0.1, 0.15) is 5.56 Å². The molecule has 0 aliphatic heterocycles. The van der Waals surface area contributed by atoms with Gasteiger partial charge in [-0.25, -0.2) is 0 Å². The zero-order valence-electron chi connectivity index (χ0n) is 9.15. The second kappa shape index (κ2) is 5.30. The predicted octanol–water partition coefficient (Wildman–Crippen LogP) is 4.88. The molecule has 0 aromatic heterocycles. The van der Waals surface area contributed by atoms with Gasteiger partial charge in [0.15, 0.2) is 0 Å². The Morgan fingerprint density at radius 1 is 0.688 bits per heavy atom. The van der Waals surface area contributed by atoms with Gasteiger partial charge in [-0.05, 0) is 51.9 Å². The van der Waals surface area contributed by atoms with E-state index in [2.05, 4.69) is 90.2 Å². The third-order valence-corrected chi connectivity index (χ3v) is 3.47. The minimum atomic E-state index is 1.27. The monoisotopic (exact) mass is 320 g/mol. The summed E-state index contributed by atoms with van der Waals surface area (Å²) in [7, 11) is 0. The first-order chi connectivity index (χ1) is 7.79. The van der Waals surface area contributed by atoms with Gasteiger partial charge >= 0.3 is 0 Å². The SMILES string of the molecule is Cc1ccccccc(I)c2ccccc12. The van der Waals surface area contributed by atoms with Crippen molar-refractivity contribution in [2.24, 2.45) is 0 Å². The lowest BCUT2D eigenvalue weighted by Crippen LogP contribution is -1.76. The van der Waals surface area contributed by atoms with Gasteiger partial charge in [-0.15, -0.1) is 0 Å². The summed E-state index contributed by atoms with van der Waals surface area (Å²) in [5.41, 5.74) is 1.30. The molecule has 0 saturated carbocycles. The molecule has 16 heavy (non-hydrogen) atoms. The fourth-order valence-electron chi connectivity index (χ4n) is 1.68. The van der Waals surface area contributed by atoms with Gasteiger partial charge in [0.1, 0.15) is 0 Å². The lowest BCUT2D eigenvalue weighted by molar-refractivity contribution is 1.54. The van der Waals surface area contributed by atoms with Crippen molar-refractivity contribution >= 4 is 33.4 Å². The summed E-state index contributed by atoms with van der Waals surface area (Å²) in [6.45, 7) is 2.15. The number of benzene rings is 1. The lowest BCUT2D eigenvalue weighted by atomic mass is 10.1. The van der Waals surface area contributed by atoms with E-state index in [1.807, 2.05) is 0 Å². The molecule has 0 saturated heterocycles. The van der Waals surface area contributed by atoms with Gasteiger partial charge < -0.3 is 0 Å². The third-order valence-electron chi connectivity index (χ3n) is 2.53. The Hall–Kier alpha value is -1.09. The van der Waals surface area contributed by atoms with Gasteiger partial charge in [-0.3, -0.25) is 0 Å². The summed E-state index contributed by atoms with van der Waals surface area (Å²) in [4.78, 5) is 0. The lowest BCUT2D eigenvalue weighted by Gasteiger charge is -1.99. The van der Waals surface area contributed by atoms with Crippen molar-refractivity contribution in [1.82, 2.24) is 0 Å². The molecule has 0 amide bonds. The number of rotatable bonds is 0. The molecule has 80 valence electrons. The van der Waals surface area contributed by atoms with E-state index in [1.54, 1.807) is 0 Å². The minimum absolute atomic E-state index is 1.27. The molecule has 0 unspecified atom stereocenters. The molecule has 0 fully saturated rings. The molecule has 0 atom stereocenters. The van der Waals surface area contributed by atoms with Crippen LogP contribution in [0.4, 0.5) is 0 Å². The number of hydrogen-bond acceptors (Lipinski definition) is 0. The molecule has 1 heteroatoms. The van der Waals surface area contributed by atoms with Gasteiger partial charge in [0.2, 0.25) is 0 Å². The van der Waals surface area contributed by atoms with Gasteiger partial charge in [-0.2, -0.15) is 0 Å². The highest BCUT2D eigenvalue weighted by molar-refractivity contribution is 14.1. The van der Waals surface area contributed by atoms with Crippen LogP contribution in [-0.2, 0) is 0 Å². The van der Waals surface area contributed by atoms with Gasteiger partial charge in [-0.1, -0.05) is 54.6 Å². The van der Waals surface area contributed by atoms with Crippen LogP contribution in [0.5, 0.6) is 0 Å². The molecular weight excluding hydrogens is 307 g/mol. The van der Waals surface area contributed by atoms with Crippen molar-refractivity contribution in [2.45, 2.75) is 6.92 Å². The standard InChI is InChI=1S/C15H13I/c1-12-8-4-2-3-5-11-15(16)14-10-7-6-9-13(12)14/h2-11H,1H3. The highest BCUT2D eigenvalue weighted by Gasteiger charge is 1.95. The third kappa shape index (κ3) is 2.53. The van der Waals surface area contributed by atoms with Gasteiger partial charge in [0, 0.05) is 3.57 Å². The van der Waals surface area contributed by atoms with Crippen molar-refractivity contribution in [3.05, 3.63) is 69.8 Å². The fraction of sp³-hybridized carbons (Fsp3) is 0.0667. The number of hydrogen-bond donors (Lipinski definition) is 0. The smallest absolute Gasteiger partial charge is 0.0208 e. The van der Waals surface area contributed by atoms with E-state index in [1.165, 1.54) is 19.9 Å². The molecule has 0 radical (unpaired) electrons. The van der Waals surface area contributed by atoms with Crippen LogP contribution in [0.25, 0.3) is 10.8 Å². The Morgan fingerprint density at radius 2 is 1.25 bits per heavy atom. The molecule has 0 N–H and O–H groups in total. The van der Waals surface area contributed by atoms with E-state index >= 15 is 0 Å². The first-order valence-corrected chi connectivity index (χ1v) is 6.34. The highest BCUT2D eigenvalue weighted by Crippen LogP contribution is 2.20. The van der Waals surface area contributed by atoms with E-state index < -0.39 is 0 Å². The van der Waals surface area contributed by atoms with Crippen LogP contribution in [0, 0.1) is 10.5 Å². The van der Waals surface area contributed by atoms with Crippen LogP contribution < -0.4 is 0 Å². The van der Waals surface area contributed by atoms with Crippen LogP contribution >= 0.6 is 22.6 Å². The second-order valence-electron chi connectivity index (χ2n) is 3.68. The fourth-order valence-corrected chi connectivity index (χ4v) is 2.36. The van der Waals surface area contributed by atoms with Gasteiger partial charge in [0.25, 0.3) is 0 Å². The van der Waals surface area contributed by atoms with Crippen molar-refractivity contribution in [2.75, 3.05) is 0 Å². The highest BCUT2D eigenvalue weighted by atomic mass is 127. The molecule has 0 bridgehead atoms. The van der Waals surface area contributed by atoms with Crippen molar-refractivity contribution in [3.8, 4) is 0 Å². The summed E-state index contributed by atoms with van der Waals surface area (Å²) in [6.07, 6.45) is 0. The zero-order valence-corrected chi connectivity index (χ0v) is 11.3. The first-order valence-electron chi connectivity index (χ1n) is 5.26. The largest absolute Gasteiger partial charge is 0.0623 e. The number of halogens is 1. The van der Waals surface area contributed by atoms with Crippen LogP contribution in [-0.4, -0.2) is 0 Å². The maximum absolute atomic E-state index is 2.39. The summed E-state index contributed by atoms with van der Waals surface area (Å²) >= 11 is 2.39. The van der Waals surface area contributed by atoms with Crippen molar-refractivity contribution in [1.29, 1.82) is 0 Å². The van der Waals surface area contributed by atoms with Crippen molar-refractivity contribution < 1.29 is 0 Å². The molecule has 0 heterocycles. The molecule has 2 aromatic carbocycles. The van der Waals surface area contributed by atoms with E-state index in [0.29, 0.717) is 0 Å². The summed E-state index contributed by atoms with van der Waals surface area (Å²) in [5, 5.41) is 2.61. The maximum atomic E-state index is 2.39. The number of fused-ring (bicyclic) bond motifs is 1. The average molecular weight is 320 g/mol. The van der Waals surface area contributed by atoms with E-state index in [9.17, 15) is 0 Å². The van der Waals surface area contributed by atoms with E-state index in [0.717, 1.165) is 0 Å². The zero-order chi connectivity index (χ0) is 11.4. The molecule has 0 aliphatic rings. The Labute approximate surface area is 110 Å². The van der Waals surface area contributed by atoms with Gasteiger partial charge in [0.05, 0.1) is 0 Å². The van der Waals surface area contributed by atoms with Crippen LogP contribution in [0.3, 0.4) is 0 Å². The molecular formula is C15H13I. The minimum Gasteiger partial charge on any atom is -0.0623 e. The molecule has 2 aromatic rings. The summed E-state index contributed by atoms with van der Waals surface area (Å²) in [5.74, 6) is 0.